The van der Waals surface area contributed by atoms with Crippen LogP contribution in [0.2, 0.25) is 0 Å². The number of carbonyl (C=O) groups is 1. The van der Waals surface area contributed by atoms with Crippen molar-refractivity contribution in [1.82, 2.24) is 30.1 Å². The van der Waals surface area contributed by atoms with Gasteiger partial charge in [0.2, 0.25) is 5.88 Å². The van der Waals surface area contributed by atoms with Crippen molar-refractivity contribution in [3.05, 3.63) is 71.2 Å². The number of hydrogen-bond acceptors (Lipinski definition) is 9. The summed E-state index contributed by atoms with van der Waals surface area (Å²) in [7, 11) is 3.18. The summed E-state index contributed by atoms with van der Waals surface area (Å²) in [5.74, 6) is 1.93. The van der Waals surface area contributed by atoms with Crippen LogP contribution < -0.4 is 19.5 Å². The molecule has 0 aliphatic rings. The highest BCUT2D eigenvalue weighted by atomic mass is 32.1. The lowest BCUT2D eigenvalue weighted by atomic mass is 10.2. The Balaban J connectivity index is 1.25. The van der Waals surface area contributed by atoms with Crippen LogP contribution in [0.5, 0.6) is 17.4 Å². The number of rotatable bonds is 9. The molecule has 0 bridgehead atoms. The number of methoxy groups -OCH3 is 2. The molecule has 0 aliphatic carbocycles. The number of thiazole rings is 1. The van der Waals surface area contributed by atoms with E-state index in [2.05, 4.69) is 25.6 Å². The zero-order chi connectivity index (χ0) is 25.8. The van der Waals surface area contributed by atoms with E-state index in [-0.39, 0.29) is 12.5 Å². The van der Waals surface area contributed by atoms with Crippen molar-refractivity contribution >= 4 is 22.9 Å². The molecule has 0 fully saturated rings. The number of amides is 1. The van der Waals surface area contributed by atoms with Crippen LogP contribution in [0.4, 0.5) is 0 Å². The highest BCUT2D eigenvalue weighted by Gasteiger charge is 2.17. The average Bonchev–Trinajstić information content (AvgIpc) is 3.54. The maximum absolute atomic E-state index is 12.7. The number of aromatic nitrogens is 5. The Hall–Kier alpha value is -4.51. The van der Waals surface area contributed by atoms with E-state index in [1.54, 1.807) is 43.0 Å². The summed E-state index contributed by atoms with van der Waals surface area (Å²) < 4.78 is 18.2. The summed E-state index contributed by atoms with van der Waals surface area (Å²) in [5, 5.41) is 16.7. The number of ether oxygens (including phenoxy) is 3. The van der Waals surface area contributed by atoms with Gasteiger partial charge in [-0.1, -0.05) is 30.3 Å². The van der Waals surface area contributed by atoms with Crippen LogP contribution in [-0.4, -0.2) is 58.1 Å². The molecule has 1 amide bonds. The normalized spacial score (nSPS) is 10.9. The van der Waals surface area contributed by atoms with Crippen LogP contribution in [0.1, 0.15) is 15.4 Å². The molecule has 0 saturated heterocycles. The van der Waals surface area contributed by atoms with Crippen LogP contribution in [0.15, 0.2) is 60.7 Å². The van der Waals surface area contributed by atoms with Gasteiger partial charge in [0.25, 0.3) is 5.91 Å². The third kappa shape index (κ3) is 5.07. The minimum Gasteiger partial charge on any atom is -0.497 e. The zero-order valence-corrected chi connectivity index (χ0v) is 21.3. The number of carbonyl (C=O) groups excluding carboxylic acids is 1. The summed E-state index contributed by atoms with van der Waals surface area (Å²) in [4.78, 5) is 17.8. The van der Waals surface area contributed by atoms with Gasteiger partial charge in [0.15, 0.2) is 11.5 Å². The van der Waals surface area contributed by atoms with Crippen molar-refractivity contribution < 1.29 is 19.0 Å². The maximum atomic E-state index is 12.7. The molecule has 0 saturated carbocycles. The van der Waals surface area contributed by atoms with Gasteiger partial charge < -0.3 is 19.5 Å². The van der Waals surface area contributed by atoms with Gasteiger partial charge >= 0.3 is 0 Å². The summed E-state index contributed by atoms with van der Waals surface area (Å²) in [6, 6.07) is 18.7. The Kier molecular flexibility index (Phi) is 6.95. The second-order valence-corrected chi connectivity index (χ2v) is 8.93. The first kappa shape index (κ1) is 24.2. The van der Waals surface area contributed by atoms with Crippen molar-refractivity contribution in [3.8, 4) is 39.3 Å². The smallest absolute Gasteiger partial charge is 0.263 e. The van der Waals surface area contributed by atoms with Gasteiger partial charge in [-0.15, -0.1) is 26.6 Å². The van der Waals surface area contributed by atoms with E-state index >= 15 is 0 Å². The Morgan fingerprint density at radius 2 is 1.86 bits per heavy atom. The predicted molar refractivity (Wildman–Crippen MR) is 139 cm³/mol. The minimum atomic E-state index is -0.185. The molecule has 0 atom stereocenters. The standard InChI is InChI=1S/C26H24N6O4S/c1-16-23(37-26(28-16)17-7-5-4-6-8-17)25(33)27-13-14-36-22-12-11-21-29-30-24(32(21)31-22)19-15-18(34-2)9-10-20(19)35-3/h4-12,15H,13-14H2,1-3H3,(H,27,33). The molecular formula is C26H24N6O4S. The third-order valence-corrected chi connectivity index (χ3v) is 6.75. The van der Waals surface area contributed by atoms with Crippen molar-refractivity contribution in [2.75, 3.05) is 27.4 Å². The summed E-state index contributed by atoms with van der Waals surface area (Å²) in [6.07, 6.45) is 0. The lowest BCUT2D eigenvalue weighted by Crippen LogP contribution is -2.28. The monoisotopic (exact) mass is 516 g/mol. The van der Waals surface area contributed by atoms with E-state index in [9.17, 15) is 4.79 Å². The van der Waals surface area contributed by atoms with Crippen molar-refractivity contribution in [2.45, 2.75) is 6.92 Å². The van der Waals surface area contributed by atoms with E-state index in [0.29, 0.717) is 51.5 Å². The van der Waals surface area contributed by atoms with Gasteiger partial charge in [-0.05, 0) is 31.2 Å². The second kappa shape index (κ2) is 10.6. The van der Waals surface area contributed by atoms with E-state index < -0.39 is 0 Å². The fourth-order valence-corrected chi connectivity index (χ4v) is 4.71. The van der Waals surface area contributed by atoms with Crippen LogP contribution in [-0.2, 0) is 0 Å². The largest absolute Gasteiger partial charge is 0.497 e. The Morgan fingerprint density at radius 3 is 2.65 bits per heavy atom. The minimum absolute atomic E-state index is 0.185. The van der Waals surface area contributed by atoms with E-state index in [4.69, 9.17) is 14.2 Å². The molecule has 188 valence electrons. The highest BCUT2D eigenvalue weighted by molar-refractivity contribution is 7.17. The fourth-order valence-electron chi connectivity index (χ4n) is 3.72. The molecule has 3 heterocycles. The van der Waals surface area contributed by atoms with Crippen LogP contribution in [0.3, 0.4) is 0 Å². The van der Waals surface area contributed by atoms with Gasteiger partial charge in [0, 0.05) is 11.6 Å². The van der Waals surface area contributed by atoms with Gasteiger partial charge in [0.05, 0.1) is 32.0 Å². The van der Waals surface area contributed by atoms with Crippen LogP contribution in [0, 0.1) is 6.92 Å². The number of nitrogens with zero attached hydrogens (tertiary/aromatic N) is 5. The number of aryl methyl sites for hydroxylation is 1. The number of fused-ring (bicyclic) bond motifs is 1. The molecule has 11 heteroatoms. The maximum Gasteiger partial charge on any atom is 0.263 e. The summed E-state index contributed by atoms with van der Waals surface area (Å²) in [6.45, 7) is 2.37. The van der Waals surface area contributed by atoms with Crippen LogP contribution in [0.25, 0.3) is 27.6 Å². The molecule has 0 spiro atoms. The molecule has 2 aromatic carbocycles. The quantitative estimate of drug-likeness (QED) is 0.292. The molecule has 5 rings (SSSR count). The first-order valence-electron chi connectivity index (χ1n) is 11.5. The van der Waals surface area contributed by atoms with Crippen molar-refractivity contribution in [3.63, 3.8) is 0 Å². The summed E-state index contributed by atoms with van der Waals surface area (Å²) >= 11 is 1.37. The first-order chi connectivity index (χ1) is 18.1. The van der Waals surface area contributed by atoms with Crippen molar-refractivity contribution in [1.29, 1.82) is 0 Å². The lowest BCUT2D eigenvalue weighted by molar-refractivity contribution is 0.0949. The first-order valence-corrected chi connectivity index (χ1v) is 12.3. The molecule has 5 aromatic rings. The van der Waals surface area contributed by atoms with E-state index in [1.165, 1.54) is 11.3 Å². The molecule has 0 aliphatic heterocycles. The van der Waals surface area contributed by atoms with E-state index in [1.807, 2.05) is 43.3 Å². The summed E-state index contributed by atoms with van der Waals surface area (Å²) in [5.41, 5.74) is 2.92. The predicted octanol–water partition coefficient (Wildman–Crippen LogP) is 4.05. The molecule has 1 N–H and O–H groups in total. The molecule has 10 nitrogen and oxygen atoms in total. The lowest BCUT2D eigenvalue weighted by Gasteiger charge is -2.10. The number of benzene rings is 2. The average molecular weight is 517 g/mol. The molecule has 3 aromatic heterocycles. The second-order valence-electron chi connectivity index (χ2n) is 7.94. The van der Waals surface area contributed by atoms with Crippen LogP contribution >= 0.6 is 11.3 Å². The highest BCUT2D eigenvalue weighted by Crippen LogP contribution is 2.32. The molecule has 0 unspecified atom stereocenters. The Bertz CT molecular complexity index is 1550. The van der Waals surface area contributed by atoms with Gasteiger partial charge in [0.1, 0.15) is 28.0 Å². The Morgan fingerprint density at radius 1 is 1.03 bits per heavy atom. The molecule has 0 radical (unpaired) electrons. The van der Waals surface area contributed by atoms with Gasteiger partial charge in [-0.3, -0.25) is 4.79 Å². The topological polar surface area (TPSA) is 113 Å². The third-order valence-electron chi connectivity index (χ3n) is 5.55. The van der Waals surface area contributed by atoms with Crippen molar-refractivity contribution in [2.24, 2.45) is 0 Å². The Labute approximate surface area is 216 Å². The molecular weight excluding hydrogens is 492 g/mol. The fraction of sp³-hybridized carbons (Fsp3) is 0.192. The number of hydrogen-bond donors (Lipinski definition) is 1. The zero-order valence-electron chi connectivity index (χ0n) is 20.5. The SMILES string of the molecule is COc1ccc(OC)c(-c2nnc3ccc(OCCNC(=O)c4sc(-c5ccccc5)nc4C)nn23)c1. The van der Waals surface area contributed by atoms with E-state index in [0.717, 1.165) is 10.6 Å². The molecule has 37 heavy (non-hydrogen) atoms. The number of nitrogens with one attached hydrogen (secondary N) is 1. The van der Waals surface area contributed by atoms with Gasteiger partial charge in [-0.2, -0.15) is 4.52 Å². The van der Waals surface area contributed by atoms with Gasteiger partial charge in [-0.25, -0.2) is 4.98 Å².